The molecule has 1 aromatic heterocycles. The maximum absolute atomic E-state index is 11.9. The molecule has 0 bridgehead atoms. The monoisotopic (exact) mass is 388 g/mol. The Labute approximate surface area is 160 Å². The number of halogens is 1. The van der Waals surface area contributed by atoms with E-state index in [1.807, 2.05) is 43.3 Å². The first-order valence-electron chi connectivity index (χ1n) is 7.79. The van der Waals surface area contributed by atoms with Gasteiger partial charge in [0, 0.05) is 24.8 Å². The number of hydrazone groups is 1. The molecule has 1 amide bonds. The molecular formula is C18H17ClN4O2S. The van der Waals surface area contributed by atoms with Gasteiger partial charge in [-0.15, -0.1) is 0 Å². The second-order valence-corrected chi connectivity index (χ2v) is 7.02. The Morgan fingerprint density at radius 3 is 2.81 bits per heavy atom. The van der Waals surface area contributed by atoms with E-state index in [4.69, 9.17) is 16.0 Å². The Morgan fingerprint density at radius 2 is 2.08 bits per heavy atom. The zero-order chi connectivity index (χ0) is 18.5. The van der Waals surface area contributed by atoms with Crippen molar-refractivity contribution >= 4 is 52.3 Å². The van der Waals surface area contributed by atoms with Crippen LogP contribution in [0.5, 0.6) is 0 Å². The van der Waals surface area contributed by atoms with Crippen molar-refractivity contribution in [1.82, 2.24) is 10.4 Å². The predicted molar refractivity (Wildman–Crippen MR) is 106 cm³/mol. The lowest BCUT2D eigenvalue weighted by molar-refractivity contribution is -0.118. The maximum atomic E-state index is 11.9. The smallest absolute Gasteiger partial charge is 0.257 e. The van der Waals surface area contributed by atoms with Gasteiger partial charge in [0.25, 0.3) is 11.1 Å². The van der Waals surface area contributed by atoms with Crippen molar-refractivity contribution < 1.29 is 9.21 Å². The van der Waals surface area contributed by atoms with Crippen molar-refractivity contribution in [2.24, 2.45) is 5.10 Å². The largest absolute Gasteiger partial charge is 0.431 e. The van der Waals surface area contributed by atoms with Crippen molar-refractivity contribution in [2.45, 2.75) is 5.22 Å². The van der Waals surface area contributed by atoms with Gasteiger partial charge in [-0.3, -0.25) is 4.79 Å². The predicted octanol–water partition coefficient (Wildman–Crippen LogP) is 3.79. The Morgan fingerprint density at radius 1 is 1.31 bits per heavy atom. The summed E-state index contributed by atoms with van der Waals surface area (Å²) >= 11 is 7.12. The fourth-order valence-electron chi connectivity index (χ4n) is 2.14. The van der Waals surface area contributed by atoms with Gasteiger partial charge in [-0.1, -0.05) is 35.5 Å². The molecule has 0 atom stereocenters. The van der Waals surface area contributed by atoms with Gasteiger partial charge in [0.05, 0.1) is 12.0 Å². The first-order chi connectivity index (χ1) is 12.5. The number of benzene rings is 2. The molecule has 2 aromatic carbocycles. The molecule has 0 aliphatic carbocycles. The highest BCUT2D eigenvalue weighted by molar-refractivity contribution is 7.99. The molecule has 0 saturated carbocycles. The third-order valence-electron chi connectivity index (χ3n) is 3.47. The van der Waals surface area contributed by atoms with Gasteiger partial charge < -0.3 is 9.32 Å². The molecule has 26 heavy (non-hydrogen) atoms. The van der Waals surface area contributed by atoms with Crippen LogP contribution in [0.25, 0.3) is 11.1 Å². The first kappa shape index (κ1) is 18.3. The molecular weight excluding hydrogens is 372 g/mol. The third-order valence-corrected chi connectivity index (χ3v) is 4.53. The van der Waals surface area contributed by atoms with Crippen molar-refractivity contribution in [3.8, 4) is 0 Å². The summed E-state index contributed by atoms with van der Waals surface area (Å²) in [6, 6.07) is 13.0. The minimum Gasteiger partial charge on any atom is -0.431 e. The zero-order valence-corrected chi connectivity index (χ0v) is 15.8. The summed E-state index contributed by atoms with van der Waals surface area (Å²) in [6.45, 7) is 0. The average Bonchev–Trinajstić information content (AvgIpc) is 3.02. The SMILES string of the molecule is CN(C)c1ccc(/C=N/NC(=O)CSc2nc3cc(Cl)ccc3o2)cc1. The van der Waals surface area contributed by atoms with E-state index in [2.05, 4.69) is 15.5 Å². The topological polar surface area (TPSA) is 70.7 Å². The van der Waals surface area contributed by atoms with Crippen LogP contribution in [0.3, 0.4) is 0 Å². The second-order valence-electron chi connectivity index (χ2n) is 5.66. The van der Waals surface area contributed by atoms with Crippen molar-refractivity contribution in [3.05, 3.63) is 53.1 Å². The van der Waals surface area contributed by atoms with E-state index in [0.29, 0.717) is 21.3 Å². The normalized spacial score (nSPS) is 11.2. The van der Waals surface area contributed by atoms with Crippen LogP contribution < -0.4 is 10.3 Å². The quantitative estimate of drug-likeness (QED) is 0.395. The third kappa shape index (κ3) is 4.77. The lowest BCUT2D eigenvalue weighted by atomic mass is 10.2. The van der Waals surface area contributed by atoms with Crippen LogP contribution in [0.2, 0.25) is 5.02 Å². The molecule has 1 heterocycles. The summed E-state index contributed by atoms with van der Waals surface area (Å²) in [6.07, 6.45) is 1.60. The molecule has 0 aliphatic rings. The van der Waals surface area contributed by atoms with Crippen LogP contribution in [-0.4, -0.2) is 37.0 Å². The van der Waals surface area contributed by atoms with Gasteiger partial charge in [0.2, 0.25) is 0 Å². The second kappa shape index (κ2) is 8.25. The number of fused-ring (bicyclic) bond motifs is 1. The van der Waals surface area contributed by atoms with Crippen LogP contribution in [0.4, 0.5) is 5.69 Å². The minimum absolute atomic E-state index is 0.150. The van der Waals surface area contributed by atoms with Crippen molar-refractivity contribution in [3.63, 3.8) is 0 Å². The highest BCUT2D eigenvalue weighted by Crippen LogP contribution is 2.25. The van der Waals surface area contributed by atoms with E-state index >= 15 is 0 Å². The van der Waals surface area contributed by atoms with E-state index in [0.717, 1.165) is 11.3 Å². The van der Waals surface area contributed by atoms with Crippen LogP contribution in [-0.2, 0) is 4.79 Å². The molecule has 0 radical (unpaired) electrons. The van der Waals surface area contributed by atoms with Gasteiger partial charge in [-0.2, -0.15) is 5.10 Å². The number of amides is 1. The maximum Gasteiger partial charge on any atom is 0.257 e. The number of rotatable bonds is 6. The fourth-order valence-corrected chi connectivity index (χ4v) is 2.94. The summed E-state index contributed by atoms with van der Waals surface area (Å²) in [7, 11) is 3.96. The Kier molecular flexibility index (Phi) is 5.80. The van der Waals surface area contributed by atoms with Crippen molar-refractivity contribution in [1.29, 1.82) is 0 Å². The van der Waals surface area contributed by atoms with E-state index in [1.165, 1.54) is 11.8 Å². The lowest BCUT2D eigenvalue weighted by Gasteiger charge is -2.11. The van der Waals surface area contributed by atoms with E-state index in [-0.39, 0.29) is 11.7 Å². The Bertz CT molecular complexity index is 938. The van der Waals surface area contributed by atoms with Gasteiger partial charge >= 0.3 is 0 Å². The molecule has 8 heteroatoms. The minimum atomic E-state index is -0.239. The summed E-state index contributed by atoms with van der Waals surface area (Å²) in [5, 5.41) is 4.97. The number of hydrogen-bond acceptors (Lipinski definition) is 6. The number of aromatic nitrogens is 1. The Hall–Kier alpha value is -2.51. The average molecular weight is 389 g/mol. The number of carbonyl (C=O) groups is 1. The molecule has 3 aromatic rings. The van der Waals surface area contributed by atoms with Gasteiger partial charge in [0.15, 0.2) is 5.58 Å². The zero-order valence-electron chi connectivity index (χ0n) is 14.3. The molecule has 134 valence electrons. The number of nitrogens with zero attached hydrogens (tertiary/aromatic N) is 3. The van der Waals surface area contributed by atoms with Crippen LogP contribution in [0, 0.1) is 0 Å². The number of oxazole rings is 1. The fraction of sp³-hybridized carbons (Fsp3) is 0.167. The first-order valence-corrected chi connectivity index (χ1v) is 9.16. The van der Waals surface area contributed by atoms with Crippen molar-refractivity contribution in [2.75, 3.05) is 24.7 Å². The molecule has 0 unspecified atom stereocenters. The summed E-state index contributed by atoms with van der Waals surface area (Å²) in [4.78, 5) is 18.2. The highest BCUT2D eigenvalue weighted by Gasteiger charge is 2.09. The van der Waals surface area contributed by atoms with Gasteiger partial charge in [-0.25, -0.2) is 10.4 Å². The van der Waals surface area contributed by atoms with E-state index in [1.54, 1.807) is 24.4 Å². The van der Waals surface area contributed by atoms with Crippen LogP contribution in [0.15, 0.2) is 57.2 Å². The molecule has 0 saturated heterocycles. The molecule has 0 spiro atoms. The van der Waals surface area contributed by atoms with Gasteiger partial charge in [0.1, 0.15) is 5.52 Å². The number of thioether (sulfide) groups is 1. The Balaban J connectivity index is 1.50. The molecule has 3 rings (SSSR count). The lowest BCUT2D eigenvalue weighted by Crippen LogP contribution is -2.19. The summed E-state index contributed by atoms with van der Waals surface area (Å²) in [5.74, 6) is -0.0891. The standard InChI is InChI=1S/C18H17ClN4O2S/c1-23(2)14-6-3-12(4-7-14)10-20-22-17(24)11-26-18-21-15-9-13(19)5-8-16(15)25-18/h3-10H,11H2,1-2H3,(H,22,24)/b20-10+. The van der Waals surface area contributed by atoms with Gasteiger partial charge in [-0.05, 0) is 35.9 Å². The van der Waals surface area contributed by atoms with E-state index in [9.17, 15) is 4.79 Å². The molecule has 1 N–H and O–H groups in total. The number of anilines is 1. The molecule has 6 nitrogen and oxygen atoms in total. The molecule has 0 fully saturated rings. The van der Waals surface area contributed by atoms with Crippen LogP contribution >= 0.6 is 23.4 Å². The molecule has 0 aliphatic heterocycles. The number of carbonyl (C=O) groups excluding carboxylic acids is 1. The summed E-state index contributed by atoms with van der Waals surface area (Å²) in [5.41, 5.74) is 5.79. The number of hydrogen-bond donors (Lipinski definition) is 1. The van der Waals surface area contributed by atoms with Crippen LogP contribution in [0.1, 0.15) is 5.56 Å². The number of nitrogens with one attached hydrogen (secondary N) is 1. The highest BCUT2D eigenvalue weighted by atomic mass is 35.5. The van der Waals surface area contributed by atoms with E-state index < -0.39 is 0 Å². The summed E-state index contributed by atoms with van der Waals surface area (Å²) < 4.78 is 5.55.